The van der Waals surface area contributed by atoms with Crippen LogP contribution in [0.15, 0.2) is 30.5 Å². The number of nitrogens with one attached hydrogen (secondary N) is 1. The number of ketones is 1. The Morgan fingerprint density at radius 1 is 1.35 bits per heavy atom. The van der Waals surface area contributed by atoms with Crippen molar-refractivity contribution in [2.45, 2.75) is 0 Å². The molecule has 0 aliphatic heterocycles. The lowest BCUT2D eigenvalue weighted by molar-refractivity contribution is -0.384. The molecule has 0 bridgehead atoms. The van der Waals surface area contributed by atoms with Crippen LogP contribution < -0.4 is 0 Å². The Hall–Kier alpha value is -2.57. The van der Waals surface area contributed by atoms with Gasteiger partial charge in [0, 0.05) is 17.7 Å². The molecule has 0 radical (unpaired) electrons. The summed E-state index contributed by atoms with van der Waals surface area (Å²) in [4.78, 5) is 21.6. The average molecular weight is 235 g/mol. The summed E-state index contributed by atoms with van der Waals surface area (Å²) in [6, 6.07) is 4.89. The maximum atomic E-state index is 13.1. The van der Waals surface area contributed by atoms with Crippen LogP contribution in [0.2, 0.25) is 0 Å². The van der Waals surface area contributed by atoms with E-state index in [2.05, 4.69) is 10.2 Å². The highest BCUT2D eigenvalue weighted by molar-refractivity contribution is 6.07. The molecule has 0 aliphatic rings. The molecule has 7 heteroatoms. The van der Waals surface area contributed by atoms with Gasteiger partial charge < -0.3 is 0 Å². The molecular weight excluding hydrogens is 229 g/mol. The van der Waals surface area contributed by atoms with Gasteiger partial charge in [-0.2, -0.15) is 5.10 Å². The third-order valence-electron chi connectivity index (χ3n) is 2.16. The number of carbonyl (C=O) groups excluding carboxylic acids is 1. The third kappa shape index (κ3) is 2.03. The standard InChI is InChI=1S/C10H6FN3O3/c11-8-5-12-13-9(8)10(15)6-1-3-7(4-2-6)14(16)17/h1-5H,(H,12,13). The molecule has 0 saturated heterocycles. The number of nitro benzene ring substituents is 1. The van der Waals surface area contributed by atoms with Crippen LogP contribution in [-0.4, -0.2) is 20.9 Å². The monoisotopic (exact) mass is 235 g/mol. The van der Waals surface area contributed by atoms with Crippen molar-refractivity contribution < 1.29 is 14.1 Å². The van der Waals surface area contributed by atoms with Gasteiger partial charge >= 0.3 is 0 Å². The molecule has 0 aliphatic carbocycles. The lowest BCUT2D eigenvalue weighted by Gasteiger charge is -1.98. The smallest absolute Gasteiger partial charge is 0.269 e. The number of hydrogen-bond acceptors (Lipinski definition) is 4. The molecule has 0 atom stereocenters. The molecule has 1 heterocycles. The van der Waals surface area contributed by atoms with Gasteiger partial charge in [0.15, 0.2) is 5.82 Å². The topological polar surface area (TPSA) is 88.9 Å². The lowest BCUT2D eigenvalue weighted by atomic mass is 10.1. The predicted octanol–water partition coefficient (Wildman–Crippen LogP) is 1.69. The molecule has 86 valence electrons. The number of carbonyl (C=O) groups is 1. The Bertz CT molecular complexity index is 577. The fourth-order valence-electron chi connectivity index (χ4n) is 1.31. The lowest BCUT2D eigenvalue weighted by Crippen LogP contribution is -2.04. The highest BCUT2D eigenvalue weighted by atomic mass is 19.1. The number of aromatic amines is 1. The van der Waals surface area contributed by atoms with E-state index in [9.17, 15) is 19.3 Å². The van der Waals surface area contributed by atoms with E-state index < -0.39 is 16.5 Å². The first-order valence-corrected chi connectivity index (χ1v) is 4.57. The van der Waals surface area contributed by atoms with Gasteiger partial charge in [-0.15, -0.1) is 0 Å². The van der Waals surface area contributed by atoms with Crippen LogP contribution in [0.25, 0.3) is 0 Å². The second-order valence-corrected chi connectivity index (χ2v) is 3.23. The SMILES string of the molecule is O=C(c1ccc([N+](=O)[O-])cc1)c1[nH]ncc1F. The van der Waals surface area contributed by atoms with Crippen LogP contribution in [0.5, 0.6) is 0 Å². The largest absolute Gasteiger partial charge is 0.287 e. The van der Waals surface area contributed by atoms with Crippen molar-refractivity contribution in [2.75, 3.05) is 0 Å². The van der Waals surface area contributed by atoms with E-state index in [-0.39, 0.29) is 16.9 Å². The molecule has 6 nitrogen and oxygen atoms in total. The number of nitro groups is 1. The Morgan fingerprint density at radius 2 is 2.00 bits per heavy atom. The summed E-state index contributed by atoms with van der Waals surface area (Å²) in [6.45, 7) is 0. The summed E-state index contributed by atoms with van der Waals surface area (Å²) in [5.41, 5.74) is -0.246. The fourth-order valence-corrected chi connectivity index (χ4v) is 1.31. The van der Waals surface area contributed by atoms with Gasteiger partial charge in [0.05, 0.1) is 11.1 Å². The maximum absolute atomic E-state index is 13.1. The fraction of sp³-hybridized carbons (Fsp3) is 0. The summed E-state index contributed by atoms with van der Waals surface area (Å²) in [5, 5.41) is 16.0. The van der Waals surface area contributed by atoms with Gasteiger partial charge in [0.25, 0.3) is 5.69 Å². The van der Waals surface area contributed by atoms with Crippen molar-refractivity contribution in [3.8, 4) is 0 Å². The Balaban J connectivity index is 2.33. The molecular formula is C10H6FN3O3. The molecule has 0 saturated carbocycles. The Kier molecular flexibility index (Phi) is 2.65. The molecule has 17 heavy (non-hydrogen) atoms. The quantitative estimate of drug-likeness (QED) is 0.498. The Labute approximate surface area is 94.2 Å². The highest BCUT2D eigenvalue weighted by Crippen LogP contribution is 2.15. The molecule has 0 amide bonds. The number of benzene rings is 1. The van der Waals surface area contributed by atoms with Crippen molar-refractivity contribution in [3.05, 3.63) is 57.7 Å². The van der Waals surface area contributed by atoms with Crippen molar-refractivity contribution in [1.29, 1.82) is 0 Å². The van der Waals surface area contributed by atoms with Crippen LogP contribution in [0.1, 0.15) is 16.1 Å². The van der Waals surface area contributed by atoms with Crippen molar-refractivity contribution >= 4 is 11.5 Å². The molecule has 1 aromatic heterocycles. The summed E-state index contributed by atoms with van der Waals surface area (Å²) in [6.07, 6.45) is 0.888. The minimum Gasteiger partial charge on any atom is -0.287 e. The van der Waals surface area contributed by atoms with Crippen LogP contribution in [0.3, 0.4) is 0 Å². The minimum atomic E-state index is -0.756. The van der Waals surface area contributed by atoms with E-state index in [0.29, 0.717) is 0 Å². The molecule has 2 rings (SSSR count). The third-order valence-corrected chi connectivity index (χ3v) is 2.16. The summed E-state index contributed by atoms with van der Waals surface area (Å²) in [5.74, 6) is -1.36. The first-order chi connectivity index (χ1) is 8.09. The van der Waals surface area contributed by atoms with Crippen molar-refractivity contribution in [1.82, 2.24) is 10.2 Å². The average Bonchev–Trinajstić information content (AvgIpc) is 2.74. The number of aromatic nitrogens is 2. The summed E-state index contributed by atoms with van der Waals surface area (Å²) >= 11 is 0. The zero-order chi connectivity index (χ0) is 12.4. The number of rotatable bonds is 3. The molecule has 0 unspecified atom stereocenters. The summed E-state index contributed by atoms with van der Waals surface area (Å²) < 4.78 is 13.1. The number of non-ortho nitro benzene ring substituents is 1. The van der Waals surface area contributed by atoms with Gasteiger partial charge in [0.2, 0.25) is 5.78 Å². The maximum Gasteiger partial charge on any atom is 0.269 e. The van der Waals surface area contributed by atoms with Crippen molar-refractivity contribution in [3.63, 3.8) is 0 Å². The summed E-state index contributed by atoms with van der Waals surface area (Å²) in [7, 11) is 0. The molecule has 2 aromatic rings. The van der Waals surface area contributed by atoms with E-state index in [1.165, 1.54) is 24.3 Å². The van der Waals surface area contributed by atoms with Crippen LogP contribution in [0, 0.1) is 15.9 Å². The first kappa shape index (κ1) is 10.9. The molecule has 0 spiro atoms. The van der Waals surface area contributed by atoms with Gasteiger partial charge in [-0.25, -0.2) is 4.39 Å². The zero-order valence-electron chi connectivity index (χ0n) is 8.38. The van der Waals surface area contributed by atoms with Crippen LogP contribution in [0.4, 0.5) is 10.1 Å². The van der Waals surface area contributed by atoms with Gasteiger partial charge in [0.1, 0.15) is 5.69 Å². The number of hydrogen-bond donors (Lipinski definition) is 1. The Morgan fingerprint density at radius 3 is 2.47 bits per heavy atom. The van der Waals surface area contributed by atoms with Gasteiger partial charge in [-0.05, 0) is 12.1 Å². The molecule has 1 aromatic carbocycles. The van der Waals surface area contributed by atoms with E-state index in [1.807, 2.05) is 0 Å². The van der Waals surface area contributed by atoms with E-state index >= 15 is 0 Å². The first-order valence-electron chi connectivity index (χ1n) is 4.57. The highest BCUT2D eigenvalue weighted by Gasteiger charge is 2.16. The van der Waals surface area contributed by atoms with Gasteiger partial charge in [-0.3, -0.25) is 20.0 Å². The number of H-pyrrole nitrogens is 1. The second-order valence-electron chi connectivity index (χ2n) is 3.23. The number of nitrogens with zero attached hydrogens (tertiary/aromatic N) is 2. The predicted molar refractivity (Wildman–Crippen MR) is 55.1 cm³/mol. The van der Waals surface area contributed by atoms with E-state index in [1.54, 1.807) is 0 Å². The second kappa shape index (κ2) is 4.12. The normalized spacial score (nSPS) is 10.2. The van der Waals surface area contributed by atoms with Crippen LogP contribution in [-0.2, 0) is 0 Å². The number of halogens is 1. The zero-order valence-corrected chi connectivity index (χ0v) is 8.38. The van der Waals surface area contributed by atoms with Crippen molar-refractivity contribution in [2.24, 2.45) is 0 Å². The minimum absolute atomic E-state index is 0.133. The van der Waals surface area contributed by atoms with E-state index in [0.717, 1.165) is 6.20 Å². The van der Waals surface area contributed by atoms with Crippen LogP contribution >= 0.6 is 0 Å². The molecule has 0 fully saturated rings. The van der Waals surface area contributed by atoms with E-state index in [4.69, 9.17) is 0 Å². The van der Waals surface area contributed by atoms with Gasteiger partial charge in [-0.1, -0.05) is 0 Å². The molecule has 1 N–H and O–H groups in total.